The van der Waals surface area contributed by atoms with Crippen LogP contribution >= 0.6 is 0 Å². The Morgan fingerprint density at radius 2 is 1.87 bits per heavy atom. The van der Waals surface area contributed by atoms with Gasteiger partial charge in [0, 0.05) is 36.3 Å². The van der Waals surface area contributed by atoms with Crippen LogP contribution in [0.25, 0.3) is 22.3 Å². The van der Waals surface area contributed by atoms with Gasteiger partial charge in [-0.15, -0.1) is 0 Å². The van der Waals surface area contributed by atoms with Crippen LogP contribution in [0.3, 0.4) is 0 Å². The van der Waals surface area contributed by atoms with Crippen LogP contribution in [-0.4, -0.2) is 55.0 Å². The van der Waals surface area contributed by atoms with Gasteiger partial charge in [-0.25, -0.2) is 19.7 Å². The summed E-state index contributed by atoms with van der Waals surface area (Å²) in [6, 6.07) is 7.18. The number of carbonyl (C=O) groups is 2. The number of halogens is 3. The Balaban J connectivity index is 1.70. The van der Waals surface area contributed by atoms with E-state index >= 15 is 0 Å². The van der Waals surface area contributed by atoms with Crippen molar-refractivity contribution in [2.75, 3.05) is 17.3 Å². The Morgan fingerprint density at radius 1 is 1.10 bits per heavy atom. The summed E-state index contributed by atoms with van der Waals surface area (Å²) in [6.07, 6.45) is -2.44. The van der Waals surface area contributed by atoms with Crippen LogP contribution in [0.15, 0.2) is 48.9 Å². The number of aromatic nitrogens is 4. The average Bonchev–Trinajstić information content (AvgIpc) is 2.89. The van der Waals surface area contributed by atoms with Gasteiger partial charge in [-0.2, -0.15) is 13.2 Å². The van der Waals surface area contributed by atoms with Gasteiger partial charge in [0.2, 0.25) is 0 Å². The van der Waals surface area contributed by atoms with E-state index in [1.165, 1.54) is 11.9 Å². The first-order valence-corrected chi connectivity index (χ1v) is 11.8. The minimum atomic E-state index is -4.91. The zero-order chi connectivity index (χ0) is 28.1. The van der Waals surface area contributed by atoms with Gasteiger partial charge in [-0.1, -0.05) is 0 Å². The monoisotopic (exact) mass is 537 g/mol. The molecule has 0 aromatic carbocycles. The molecule has 1 aliphatic heterocycles. The van der Waals surface area contributed by atoms with Gasteiger partial charge in [0.25, 0.3) is 5.91 Å². The van der Waals surface area contributed by atoms with Gasteiger partial charge in [-0.3, -0.25) is 14.8 Å². The second-order valence-electron chi connectivity index (χ2n) is 9.11. The minimum absolute atomic E-state index is 0.153. The number of amides is 3. The summed E-state index contributed by atoms with van der Waals surface area (Å²) in [6.45, 7) is 3.12. The number of aryl methyl sites for hydroxylation is 1. The van der Waals surface area contributed by atoms with Crippen molar-refractivity contribution in [3.05, 3.63) is 65.7 Å². The molecule has 2 N–H and O–H groups in total. The largest absolute Gasteiger partial charge is 0.418 e. The maximum atomic E-state index is 14.1. The molecule has 1 atom stereocenters. The number of hydrogen-bond donors (Lipinski definition) is 2. The second-order valence-corrected chi connectivity index (χ2v) is 9.11. The number of hydrogen-bond acceptors (Lipinski definition) is 7. The second kappa shape index (κ2) is 9.58. The first-order valence-electron chi connectivity index (χ1n) is 11.8. The number of anilines is 3. The number of aliphatic hydroxyl groups excluding tert-OH is 1. The SMILES string of the molecule is Cc1ccc(-c2ccc3ncc4c(c3n2)N(c2cc(C(F)(F)F)c(NC(=O)C(C)O)cn2)C(=O)N(C)C4)cn1. The van der Waals surface area contributed by atoms with Crippen LogP contribution in [0.4, 0.5) is 35.2 Å². The van der Waals surface area contributed by atoms with E-state index in [4.69, 9.17) is 4.98 Å². The van der Waals surface area contributed by atoms with Crippen molar-refractivity contribution in [1.82, 2.24) is 24.8 Å². The van der Waals surface area contributed by atoms with E-state index in [1.807, 2.05) is 24.4 Å². The van der Waals surface area contributed by atoms with Crippen molar-refractivity contribution in [3.8, 4) is 11.3 Å². The van der Waals surface area contributed by atoms with Crippen molar-refractivity contribution >= 4 is 40.2 Å². The third kappa shape index (κ3) is 4.83. The molecule has 5 rings (SSSR count). The van der Waals surface area contributed by atoms with Gasteiger partial charge in [0.1, 0.15) is 17.4 Å². The third-order valence-electron chi connectivity index (χ3n) is 6.18. The smallest absolute Gasteiger partial charge is 0.384 e. The highest BCUT2D eigenvalue weighted by Gasteiger charge is 2.38. The molecule has 39 heavy (non-hydrogen) atoms. The molecule has 0 fully saturated rings. The molecule has 3 amide bonds. The molecule has 0 radical (unpaired) electrons. The molecular weight excluding hydrogens is 515 g/mol. The van der Waals surface area contributed by atoms with Crippen molar-refractivity contribution in [3.63, 3.8) is 0 Å². The highest BCUT2D eigenvalue weighted by atomic mass is 19.4. The summed E-state index contributed by atoms with van der Waals surface area (Å²) < 4.78 is 42.2. The van der Waals surface area contributed by atoms with Gasteiger partial charge in [0.15, 0.2) is 0 Å². The first kappa shape index (κ1) is 26.0. The number of rotatable bonds is 4. The van der Waals surface area contributed by atoms with Crippen LogP contribution in [0.2, 0.25) is 0 Å². The molecule has 13 heteroatoms. The lowest BCUT2D eigenvalue weighted by molar-refractivity contribution is -0.137. The van der Waals surface area contributed by atoms with E-state index < -0.39 is 35.5 Å². The quantitative estimate of drug-likeness (QED) is 0.395. The summed E-state index contributed by atoms with van der Waals surface area (Å²) in [7, 11) is 1.51. The molecule has 10 nitrogen and oxygen atoms in total. The molecule has 5 heterocycles. The zero-order valence-corrected chi connectivity index (χ0v) is 21.0. The maximum Gasteiger partial charge on any atom is 0.418 e. The molecule has 1 aliphatic rings. The summed E-state index contributed by atoms with van der Waals surface area (Å²) >= 11 is 0. The predicted octanol–water partition coefficient (Wildman–Crippen LogP) is 4.44. The molecule has 1 unspecified atom stereocenters. The van der Waals surface area contributed by atoms with E-state index in [2.05, 4.69) is 15.0 Å². The molecule has 0 spiro atoms. The minimum Gasteiger partial charge on any atom is -0.384 e. The molecule has 4 aromatic rings. The molecule has 0 saturated heterocycles. The van der Waals surface area contributed by atoms with Gasteiger partial charge >= 0.3 is 12.2 Å². The fourth-order valence-electron chi connectivity index (χ4n) is 4.18. The van der Waals surface area contributed by atoms with Crippen molar-refractivity contribution < 1.29 is 27.9 Å². The number of aliphatic hydroxyl groups is 1. The highest BCUT2D eigenvalue weighted by Crippen LogP contribution is 2.42. The fourth-order valence-corrected chi connectivity index (χ4v) is 4.18. The Hall–Kier alpha value is -4.65. The topological polar surface area (TPSA) is 124 Å². The molecule has 4 aromatic heterocycles. The van der Waals surface area contributed by atoms with E-state index in [0.29, 0.717) is 33.9 Å². The van der Waals surface area contributed by atoms with Crippen LogP contribution < -0.4 is 10.2 Å². The number of nitrogens with zero attached hydrogens (tertiary/aromatic N) is 6. The third-order valence-corrected chi connectivity index (χ3v) is 6.18. The van der Waals surface area contributed by atoms with Crippen molar-refractivity contribution in [2.24, 2.45) is 0 Å². The number of alkyl halides is 3. The lowest BCUT2D eigenvalue weighted by Crippen LogP contribution is -2.43. The van der Waals surface area contributed by atoms with Crippen molar-refractivity contribution in [2.45, 2.75) is 32.7 Å². The zero-order valence-electron chi connectivity index (χ0n) is 21.0. The Bertz CT molecular complexity index is 1610. The summed E-state index contributed by atoms with van der Waals surface area (Å²) in [5.74, 6) is -1.36. The molecule has 0 bridgehead atoms. The number of carbonyl (C=O) groups excluding carboxylic acids is 2. The highest BCUT2D eigenvalue weighted by molar-refractivity contribution is 6.08. The number of pyridine rings is 4. The number of urea groups is 1. The fraction of sp³-hybridized carbons (Fsp3) is 0.231. The van der Waals surface area contributed by atoms with Crippen molar-refractivity contribution in [1.29, 1.82) is 0 Å². The number of nitrogens with one attached hydrogen (secondary N) is 1. The normalized spacial score (nSPS) is 14.4. The van der Waals surface area contributed by atoms with Crippen LogP contribution in [-0.2, 0) is 17.5 Å². The number of fused-ring (bicyclic) bond motifs is 3. The maximum absolute atomic E-state index is 14.1. The van der Waals surface area contributed by atoms with E-state index in [9.17, 15) is 27.9 Å². The first-order chi connectivity index (χ1) is 18.4. The summed E-state index contributed by atoms with van der Waals surface area (Å²) in [5.41, 5.74) is 1.72. The van der Waals surface area contributed by atoms with E-state index in [0.717, 1.165) is 23.7 Å². The summed E-state index contributed by atoms with van der Waals surface area (Å²) in [4.78, 5) is 45.2. The predicted molar refractivity (Wildman–Crippen MR) is 136 cm³/mol. The van der Waals surface area contributed by atoms with Gasteiger partial charge < -0.3 is 15.3 Å². The van der Waals surface area contributed by atoms with Gasteiger partial charge in [0.05, 0.1) is 40.9 Å². The molecule has 0 saturated carbocycles. The Kier molecular flexibility index (Phi) is 6.38. The van der Waals surface area contributed by atoms with Gasteiger partial charge in [-0.05, 0) is 44.2 Å². The van der Waals surface area contributed by atoms with Crippen LogP contribution in [0.1, 0.15) is 23.7 Å². The van der Waals surface area contributed by atoms with E-state index in [-0.39, 0.29) is 18.1 Å². The molecule has 0 aliphatic carbocycles. The molecule has 200 valence electrons. The standard InChI is InChI=1S/C26H22F3N7O3/c1-13-4-5-15(9-30-13)18-6-7-19-22(33-18)23-16(10-31-19)12-35(3)25(39)36(23)21-8-17(26(27,28)29)20(11-32-21)34-24(38)14(2)37/h4-11,14,37H,12H2,1-3H3,(H,34,38). The Morgan fingerprint density at radius 3 is 2.54 bits per heavy atom. The summed E-state index contributed by atoms with van der Waals surface area (Å²) in [5, 5.41) is 11.5. The Labute approximate surface area is 220 Å². The van der Waals surface area contributed by atoms with Crippen LogP contribution in [0, 0.1) is 6.92 Å². The average molecular weight is 538 g/mol. The lowest BCUT2D eigenvalue weighted by atomic mass is 10.1. The lowest BCUT2D eigenvalue weighted by Gasteiger charge is -2.35. The van der Waals surface area contributed by atoms with E-state index in [1.54, 1.807) is 24.5 Å². The van der Waals surface area contributed by atoms with Crippen LogP contribution in [0.5, 0.6) is 0 Å². The molecular formula is C26H22F3N7O3.